The number of para-hydroxylation sites is 1. The van der Waals surface area contributed by atoms with Crippen LogP contribution in [0.25, 0.3) is 43.8 Å². The van der Waals surface area contributed by atoms with Gasteiger partial charge in [-0.05, 0) is 34.5 Å². The van der Waals surface area contributed by atoms with Gasteiger partial charge in [-0.1, -0.05) is 121 Å². The molecule has 0 fully saturated rings. The molecule has 41 heavy (non-hydrogen) atoms. The summed E-state index contributed by atoms with van der Waals surface area (Å²) in [6.07, 6.45) is -0.408. The van der Waals surface area contributed by atoms with E-state index in [4.69, 9.17) is 14.4 Å². The quantitative estimate of drug-likeness (QED) is 0.248. The summed E-state index contributed by atoms with van der Waals surface area (Å²) in [6.45, 7) is 0. The van der Waals surface area contributed by atoms with Crippen LogP contribution >= 0.6 is 0 Å². The Morgan fingerprint density at radius 3 is 1.98 bits per heavy atom. The van der Waals surface area contributed by atoms with Crippen LogP contribution in [0.15, 0.2) is 154 Å². The number of hydrogen-bond donors (Lipinski definition) is 1. The molecule has 6 aromatic carbocycles. The zero-order valence-corrected chi connectivity index (χ0v) is 22.2. The first-order valence-corrected chi connectivity index (χ1v) is 13.8. The summed E-state index contributed by atoms with van der Waals surface area (Å²) < 4.78 is 6.54. The Bertz CT molecular complexity index is 2120. The van der Waals surface area contributed by atoms with Crippen LogP contribution < -0.4 is 5.32 Å². The minimum atomic E-state index is -0.408. The fourth-order valence-electron chi connectivity index (χ4n) is 5.82. The summed E-state index contributed by atoms with van der Waals surface area (Å²) in [4.78, 5) is 10.4. The average molecular weight is 528 g/mol. The number of nitrogens with one attached hydrogen (secondary N) is 1. The number of furan rings is 1. The van der Waals surface area contributed by atoms with Crippen molar-refractivity contribution in [3.05, 3.63) is 156 Å². The van der Waals surface area contributed by atoms with Crippen LogP contribution in [0.5, 0.6) is 0 Å². The van der Waals surface area contributed by atoms with Crippen molar-refractivity contribution in [2.24, 2.45) is 9.98 Å². The summed E-state index contributed by atoms with van der Waals surface area (Å²) in [7, 11) is 0. The van der Waals surface area contributed by atoms with Gasteiger partial charge in [0.05, 0.1) is 0 Å². The molecule has 1 aromatic heterocycles. The largest absolute Gasteiger partial charge is 0.455 e. The molecule has 4 heteroatoms. The van der Waals surface area contributed by atoms with Crippen molar-refractivity contribution in [1.29, 1.82) is 0 Å². The van der Waals surface area contributed by atoms with E-state index in [0.717, 1.165) is 66.8 Å². The topological polar surface area (TPSA) is 49.9 Å². The van der Waals surface area contributed by atoms with Gasteiger partial charge >= 0.3 is 0 Å². The van der Waals surface area contributed by atoms with Gasteiger partial charge in [0, 0.05) is 33.0 Å². The van der Waals surface area contributed by atoms with Crippen molar-refractivity contribution < 1.29 is 4.42 Å². The van der Waals surface area contributed by atoms with Crippen molar-refractivity contribution in [2.75, 3.05) is 0 Å². The minimum absolute atomic E-state index is 0.408. The van der Waals surface area contributed by atoms with E-state index in [1.807, 2.05) is 36.4 Å². The Morgan fingerprint density at radius 1 is 0.512 bits per heavy atom. The number of amidine groups is 2. The summed E-state index contributed by atoms with van der Waals surface area (Å²) in [6, 6.07) is 47.9. The van der Waals surface area contributed by atoms with E-state index in [1.165, 1.54) is 5.39 Å². The molecular formula is C37H25N3O. The van der Waals surface area contributed by atoms with Gasteiger partial charge in [-0.15, -0.1) is 0 Å². The van der Waals surface area contributed by atoms with Crippen LogP contribution in [-0.2, 0) is 0 Å². The molecule has 0 radical (unpaired) electrons. The molecule has 0 spiro atoms. The molecule has 0 aliphatic carbocycles. The Kier molecular flexibility index (Phi) is 5.49. The van der Waals surface area contributed by atoms with Gasteiger partial charge in [-0.2, -0.15) is 0 Å². The SMILES string of the molecule is c1ccc(C2=NC(c3cccc4ccccc34)N=C(c3ccc(-c4ccccc4)c4oc5ccccc5c34)N2)cc1. The molecule has 2 heterocycles. The van der Waals surface area contributed by atoms with E-state index in [9.17, 15) is 0 Å². The van der Waals surface area contributed by atoms with Crippen LogP contribution in [0.3, 0.4) is 0 Å². The monoisotopic (exact) mass is 527 g/mol. The predicted octanol–water partition coefficient (Wildman–Crippen LogP) is 8.90. The molecule has 1 N–H and O–H groups in total. The van der Waals surface area contributed by atoms with Gasteiger partial charge in [0.2, 0.25) is 0 Å². The molecule has 1 aliphatic heterocycles. The number of hydrogen-bond acceptors (Lipinski definition) is 4. The second-order valence-corrected chi connectivity index (χ2v) is 10.2. The lowest BCUT2D eigenvalue weighted by Gasteiger charge is -2.23. The maximum Gasteiger partial charge on any atom is 0.170 e. The van der Waals surface area contributed by atoms with Gasteiger partial charge in [-0.25, -0.2) is 9.98 Å². The Hall–Kier alpha value is -5.48. The Labute approximate surface area is 237 Å². The average Bonchev–Trinajstić information content (AvgIpc) is 3.44. The number of nitrogens with zero attached hydrogens (tertiary/aromatic N) is 2. The van der Waals surface area contributed by atoms with Gasteiger partial charge in [0.25, 0.3) is 0 Å². The van der Waals surface area contributed by atoms with Crippen LogP contribution in [-0.4, -0.2) is 11.7 Å². The number of aliphatic imine (C=N–C) groups is 2. The first-order chi connectivity index (χ1) is 20.3. The molecule has 1 aliphatic rings. The van der Waals surface area contributed by atoms with Gasteiger partial charge < -0.3 is 9.73 Å². The first kappa shape index (κ1) is 23.4. The highest BCUT2D eigenvalue weighted by Crippen LogP contribution is 2.39. The standard InChI is InChI=1S/C37H25N3O/c1-3-12-25(13-4-1)28-22-23-31(33-30-19-9-10-21-32(30)41-34(28)33)37-39-35(26-15-5-2-6-16-26)38-36(40-37)29-20-11-17-24-14-7-8-18-27(24)29/h1-23,36H,(H,38,39,40). The van der Waals surface area contributed by atoms with E-state index in [1.54, 1.807) is 0 Å². The summed E-state index contributed by atoms with van der Waals surface area (Å²) in [5, 5.41) is 8.03. The Balaban J connectivity index is 1.38. The minimum Gasteiger partial charge on any atom is -0.455 e. The number of benzene rings is 6. The molecule has 7 aromatic rings. The summed E-state index contributed by atoms with van der Waals surface area (Å²) in [5.41, 5.74) is 6.94. The third-order valence-corrected chi connectivity index (χ3v) is 7.75. The normalized spacial score (nSPS) is 15.1. The fraction of sp³-hybridized carbons (Fsp3) is 0.0270. The highest BCUT2D eigenvalue weighted by atomic mass is 16.3. The van der Waals surface area contributed by atoms with Crippen molar-refractivity contribution in [3.8, 4) is 11.1 Å². The zero-order valence-electron chi connectivity index (χ0n) is 22.2. The van der Waals surface area contributed by atoms with Gasteiger partial charge in [0.15, 0.2) is 6.17 Å². The van der Waals surface area contributed by atoms with Crippen molar-refractivity contribution in [1.82, 2.24) is 5.32 Å². The molecule has 0 saturated heterocycles. The zero-order chi connectivity index (χ0) is 27.2. The van der Waals surface area contributed by atoms with E-state index in [0.29, 0.717) is 0 Å². The van der Waals surface area contributed by atoms with Crippen LogP contribution in [0.4, 0.5) is 0 Å². The van der Waals surface area contributed by atoms with Crippen LogP contribution in [0.1, 0.15) is 22.9 Å². The van der Waals surface area contributed by atoms with E-state index in [-0.39, 0.29) is 0 Å². The molecule has 0 saturated carbocycles. The lowest BCUT2D eigenvalue weighted by molar-refractivity contribution is 0.670. The van der Waals surface area contributed by atoms with Gasteiger partial charge in [0.1, 0.15) is 22.8 Å². The molecule has 1 atom stereocenters. The van der Waals surface area contributed by atoms with E-state index < -0.39 is 6.17 Å². The van der Waals surface area contributed by atoms with Crippen LogP contribution in [0, 0.1) is 0 Å². The first-order valence-electron chi connectivity index (χ1n) is 13.8. The number of rotatable bonds is 4. The number of fused-ring (bicyclic) bond motifs is 4. The van der Waals surface area contributed by atoms with Crippen molar-refractivity contribution in [2.45, 2.75) is 6.17 Å². The highest BCUT2D eigenvalue weighted by molar-refractivity contribution is 6.25. The van der Waals surface area contributed by atoms with E-state index in [2.05, 4.69) is 108 Å². The smallest absolute Gasteiger partial charge is 0.170 e. The van der Waals surface area contributed by atoms with Crippen LogP contribution in [0.2, 0.25) is 0 Å². The van der Waals surface area contributed by atoms with Crippen molar-refractivity contribution in [3.63, 3.8) is 0 Å². The summed E-state index contributed by atoms with van der Waals surface area (Å²) >= 11 is 0. The molecule has 0 amide bonds. The van der Waals surface area contributed by atoms with E-state index >= 15 is 0 Å². The highest BCUT2D eigenvalue weighted by Gasteiger charge is 2.25. The second-order valence-electron chi connectivity index (χ2n) is 10.2. The molecule has 194 valence electrons. The maximum absolute atomic E-state index is 6.54. The molecule has 4 nitrogen and oxygen atoms in total. The lowest BCUT2D eigenvalue weighted by Crippen LogP contribution is -2.36. The Morgan fingerprint density at radius 2 is 1.15 bits per heavy atom. The van der Waals surface area contributed by atoms with Crippen molar-refractivity contribution >= 4 is 44.4 Å². The maximum atomic E-state index is 6.54. The molecular weight excluding hydrogens is 502 g/mol. The predicted molar refractivity (Wildman–Crippen MR) is 168 cm³/mol. The third kappa shape index (κ3) is 4.00. The molecule has 8 rings (SSSR count). The lowest BCUT2D eigenvalue weighted by atomic mass is 9.97. The van der Waals surface area contributed by atoms with Gasteiger partial charge in [-0.3, -0.25) is 0 Å². The molecule has 1 unspecified atom stereocenters. The molecule has 0 bridgehead atoms. The second kappa shape index (κ2) is 9.61. The summed E-state index contributed by atoms with van der Waals surface area (Å²) in [5.74, 6) is 1.56. The third-order valence-electron chi connectivity index (χ3n) is 7.75. The fourth-order valence-corrected chi connectivity index (χ4v) is 5.82.